The summed E-state index contributed by atoms with van der Waals surface area (Å²) in [5, 5.41) is 16.5. The Hall–Kier alpha value is -4.81. The number of anilines is 1. The van der Waals surface area contributed by atoms with Crippen LogP contribution in [0, 0.1) is 6.92 Å². The predicted octanol–water partition coefficient (Wildman–Crippen LogP) is 5.45. The first kappa shape index (κ1) is 30.7. The van der Waals surface area contributed by atoms with Gasteiger partial charge in [0.1, 0.15) is 22.9 Å². The van der Waals surface area contributed by atoms with Gasteiger partial charge in [-0.3, -0.25) is 4.79 Å². The molecule has 0 bridgehead atoms. The number of aromatic nitrogens is 3. The van der Waals surface area contributed by atoms with E-state index < -0.39 is 29.0 Å². The van der Waals surface area contributed by atoms with Crippen molar-refractivity contribution in [3.05, 3.63) is 81.0 Å². The summed E-state index contributed by atoms with van der Waals surface area (Å²) < 4.78 is 53.6. The average molecular weight is 574 g/mol. The third-order valence-electron chi connectivity index (χ3n) is 5.73. The maximum atomic E-state index is 13.6. The number of rotatable bonds is 8. The van der Waals surface area contributed by atoms with E-state index in [1.165, 1.54) is 34.4 Å². The van der Waals surface area contributed by atoms with Crippen molar-refractivity contribution >= 4 is 28.9 Å². The summed E-state index contributed by atoms with van der Waals surface area (Å²) >= 11 is 0. The van der Waals surface area contributed by atoms with Gasteiger partial charge in [-0.15, -0.1) is 0 Å². The van der Waals surface area contributed by atoms with E-state index in [1.807, 2.05) is 0 Å². The third kappa shape index (κ3) is 7.24. The fourth-order valence-electron chi connectivity index (χ4n) is 3.90. The molecule has 0 aliphatic carbocycles. The highest BCUT2D eigenvalue weighted by Gasteiger charge is 2.35. The first-order valence-electron chi connectivity index (χ1n) is 12.2. The second-order valence-corrected chi connectivity index (χ2v) is 9.33. The van der Waals surface area contributed by atoms with Crippen LogP contribution in [0.25, 0.3) is 11.4 Å². The lowest BCUT2D eigenvalue weighted by Crippen LogP contribution is -2.24. The van der Waals surface area contributed by atoms with Crippen LogP contribution >= 0.6 is 0 Å². The van der Waals surface area contributed by atoms with Crippen LogP contribution in [0.5, 0.6) is 11.5 Å². The number of carboxylic acids is 1. The molecule has 0 unspecified atom stereocenters. The molecule has 2 N–H and O–H groups in total. The van der Waals surface area contributed by atoms with Crippen LogP contribution in [-0.2, 0) is 13.2 Å². The monoisotopic (exact) mass is 573 g/mol. The molecule has 0 atom stereocenters. The van der Waals surface area contributed by atoms with Crippen molar-refractivity contribution in [3.63, 3.8) is 0 Å². The number of carbonyl (C=O) groups is 1. The van der Waals surface area contributed by atoms with Crippen LogP contribution in [0.15, 0.2) is 58.0 Å². The van der Waals surface area contributed by atoms with E-state index in [0.29, 0.717) is 17.2 Å². The SMILES string of the molecule is COc1cc(N/C(C)=N/C(=C(\C=C(C)C)c2cc(C(=O)O)c(=O)n(C)c2)n2nc(C(F)(F)F)cc2C)cc(OC)c1. The second-order valence-electron chi connectivity index (χ2n) is 9.33. The normalized spacial score (nSPS) is 12.5. The Balaban J connectivity index is 2.38. The fraction of sp³-hybridized carbons (Fsp3) is 0.286. The minimum absolute atomic E-state index is 0.0472. The van der Waals surface area contributed by atoms with Crippen LogP contribution in [0.1, 0.15) is 48.1 Å². The summed E-state index contributed by atoms with van der Waals surface area (Å²) in [6.07, 6.45) is -1.71. The highest BCUT2D eigenvalue weighted by molar-refractivity contribution is 6.00. The number of carboxylic acid groups (broad SMARTS) is 1. The molecular formula is C28H30F3N5O5. The molecular weight excluding hydrogens is 543 g/mol. The molecule has 0 amide bonds. The van der Waals surface area contributed by atoms with E-state index in [2.05, 4.69) is 15.4 Å². The molecule has 2 heterocycles. The van der Waals surface area contributed by atoms with Gasteiger partial charge in [-0.2, -0.15) is 18.3 Å². The number of methoxy groups -OCH3 is 2. The van der Waals surface area contributed by atoms with Crippen LogP contribution in [0.3, 0.4) is 0 Å². The standard InChI is InChI=1S/C28H30F3N5O5/c1-15(2)8-22(18-10-23(27(38)39)26(37)35(5)14-18)25(36-16(3)9-24(34-36)28(29,30)31)33-17(4)32-19-11-20(40-6)13-21(12-19)41-7/h8-14H,1-7H3,(H,32,33)(H,38,39)/b25-22-. The number of aromatic carboxylic acids is 1. The highest BCUT2D eigenvalue weighted by atomic mass is 19.4. The maximum Gasteiger partial charge on any atom is 0.435 e. The fourth-order valence-corrected chi connectivity index (χ4v) is 3.90. The molecule has 2 aromatic heterocycles. The molecule has 10 nitrogen and oxygen atoms in total. The molecule has 218 valence electrons. The summed E-state index contributed by atoms with van der Waals surface area (Å²) in [5.41, 5.74) is -0.571. The van der Waals surface area contributed by atoms with Crippen molar-refractivity contribution in [3.8, 4) is 11.5 Å². The Labute approximate surface area is 234 Å². The third-order valence-corrected chi connectivity index (χ3v) is 5.73. The van der Waals surface area contributed by atoms with E-state index >= 15 is 0 Å². The van der Waals surface area contributed by atoms with Gasteiger partial charge in [0.05, 0.1) is 14.2 Å². The van der Waals surface area contributed by atoms with Gasteiger partial charge in [0, 0.05) is 54.0 Å². The molecule has 0 saturated heterocycles. The molecule has 3 rings (SSSR count). The van der Waals surface area contributed by atoms with Gasteiger partial charge in [0.25, 0.3) is 5.56 Å². The number of ether oxygens (including phenoxy) is 2. The Morgan fingerprint density at radius 3 is 2.17 bits per heavy atom. The molecule has 0 spiro atoms. The summed E-state index contributed by atoms with van der Waals surface area (Å²) in [6, 6.07) is 7.06. The maximum absolute atomic E-state index is 13.6. The molecule has 0 aliphatic rings. The Morgan fingerprint density at radius 1 is 1.07 bits per heavy atom. The van der Waals surface area contributed by atoms with Gasteiger partial charge in [-0.25, -0.2) is 14.5 Å². The largest absolute Gasteiger partial charge is 0.497 e. The number of benzene rings is 1. The zero-order chi connectivity index (χ0) is 30.6. The molecule has 41 heavy (non-hydrogen) atoms. The number of nitrogens with zero attached hydrogens (tertiary/aromatic N) is 4. The van der Waals surface area contributed by atoms with Gasteiger partial charge >= 0.3 is 12.1 Å². The number of pyridine rings is 1. The van der Waals surface area contributed by atoms with Gasteiger partial charge < -0.3 is 24.5 Å². The van der Waals surface area contributed by atoms with Crippen LogP contribution in [-0.4, -0.2) is 45.5 Å². The highest BCUT2D eigenvalue weighted by Crippen LogP contribution is 2.32. The number of amidine groups is 1. The number of aliphatic imine (C=N–C) groups is 1. The van der Waals surface area contributed by atoms with E-state index in [-0.39, 0.29) is 28.5 Å². The smallest absolute Gasteiger partial charge is 0.435 e. The lowest BCUT2D eigenvalue weighted by molar-refractivity contribution is -0.141. The summed E-state index contributed by atoms with van der Waals surface area (Å²) in [6.45, 7) is 6.55. The van der Waals surface area contributed by atoms with E-state index in [4.69, 9.17) is 9.47 Å². The van der Waals surface area contributed by atoms with Crippen LogP contribution in [0.4, 0.5) is 18.9 Å². The minimum atomic E-state index is -4.72. The number of aryl methyl sites for hydroxylation is 2. The minimum Gasteiger partial charge on any atom is -0.497 e. The Morgan fingerprint density at radius 2 is 1.68 bits per heavy atom. The number of nitrogens with one attached hydrogen (secondary N) is 1. The van der Waals surface area contributed by atoms with E-state index in [0.717, 1.165) is 27.0 Å². The number of hydrogen-bond donors (Lipinski definition) is 2. The van der Waals surface area contributed by atoms with E-state index in [9.17, 15) is 27.9 Å². The number of alkyl halides is 3. The quantitative estimate of drug-likeness (QED) is 0.209. The van der Waals surface area contributed by atoms with Crippen LogP contribution in [0.2, 0.25) is 0 Å². The lowest BCUT2D eigenvalue weighted by atomic mass is 10.0. The van der Waals surface area contributed by atoms with Crippen molar-refractivity contribution in [2.24, 2.45) is 12.0 Å². The van der Waals surface area contributed by atoms with Gasteiger partial charge in [0.15, 0.2) is 11.5 Å². The van der Waals surface area contributed by atoms with Crippen molar-refractivity contribution in [2.75, 3.05) is 19.5 Å². The van der Waals surface area contributed by atoms with Crippen LogP contribution < -0.4 is 20.3 Å². The predicted molar refractivity (Wildman–Crippen MR) is 149 cm³/mol. The average Bonchev–Trinajstić information content (AvgIpc) is 3.28. The van der Waals surface area contributed by atoms with E-state index in [1.54, 1.807) is 45.0 Å². The number of allylic oxidation sites excluding steroid dienone is 3. The van der Waals surface area contributed by atoms with Crippen molar-refractivity contribution < 1.29 is 32.5 Å². The molecule has 1 aromatic carbocycles. The molecule has 3 aromatic rings. The summed E-state index contributed by atoms with van der Waals surface area (Å²) in [7, 11) is 4.36. The lowest BCUT2D eigenvalue weighted by Gasteiger charge is -2.16. The molecule has 0 fully saturated rings. The Kier molecular flexibility index (Phi) is 9.10. The van der Waals surface area contributed by atoms with Gasteiger partial charge in [0.2, 0.25) is 0 Å². The topological polar surface area (TPSA) is 120 Å². The van der Waals surface area contributed by atoms with Crippen molar-refractivity contribution in [2.45, 2.75) is 33.9 Å². The van der Waals surface area contributed by atoms with Gasteiger partial charge in [-0.1, -0.05) is 11.6 Å². The molecule has 0 saturated carbocycles. The van der Waals surface area contributed by atoms with Crippen molar-refractivity contribution in [1.29, 1.82) is 0 Å². The number of hydrogen-bond acceptors (Lipinski definition) is 6. The van der Waals surface area contributed by atoms with Crippen molar-refractivity contribution in [1.82, 2.24) is 14.3 Å². The zero-order valence-electron chi connectivity index (χ0n) is 23.5. The molecule has 0 radical (unpaired) electrons. The molecule has 0 aliphatic heterocycles. The van der Waals surface area contributed by atoms with Gasteiger partial charge in [-0.05, 0) is 39.8 Å². The molecule has 13 heteroatoms. The second kappa shape index (κ2) is 12.1. The first-order chi connectivity index (χ1) is 19.1. The Bertz CT molecular complexity index is 1600. The summed E-state index contributed by atoms with van der Waals surface area (Å²) in [5.74, 6) is -0.265. The summed E-state index contributed by atoms with van der Waals surface area (Å²) in [4.78, 5) is 28.9. The number of halogens is 3. The zero-order valence-corrected chi connectivity index (χ0v) is 23.5. The first-order valence-corrected chi connectivity index (χ1v) is 12.2.